The van der Waals surface area contributed by atoms with Gasteiger partial charge in [-0.15, -0.1) is 0 Å². The fourth-order valence-corrected chi connectivity index (χ4v) is 4.49. The molecule has 14 heteroatoms. The lowest BCUT2D eigenvalue weighted by molar-refractivity contribution is -0.137. The van der Waals surface area contributed by atoms with Gasteiger partial charge in [-0.3, -0.25) is 14.6 Å². The number of nitrogens with two attached hydrogens (primary N) is 1. The van der Waals surface area contributed by atoms with E-state index in [1.165, 1.54) is 49.0 Å². The number of pyridine rings is 1. The topological polar surface area (TPSA) is 161 Å². The first kappa shape index (κ1) is 27.7. The van der Waals surface area contributed by atoms with Gasteiger partial charge < -0.3 is 16.2 Å². The number of rotatable bonds is 5. The summed E-state index contributed by atoms with van der Waals surface area (Å²) < 4.78 is 40.2. The molecule has 0 atom stereocenters. The fraction of sp³-hybridized carbons (Fsp3) is 0.259. The number of halogens is 3. The molecule has 0 unspecified atom stereocenters. The smallest absolute Gasteiger partial charge is 0.394 e. The van der Waals surface area contributed by atoms with E-state index in [1.807, 2.05) is 4.68 Å². The van der Waals surface area contributed by atoms with Crippen LogP contribution in [-0.4, -0.2) is 52.6 Å². The van der Waals surface area contributed by atoms with Gasteiger partial charge in [-0.05, 0) is 55.5 Å². The summed E-state index contributed by atoms with van der Waals surface area (Å²) in [5, 5.41) is 22.9. The number of hydrogen-bond donors (Lipinski definition) is 4. The maximum Gasteiger partial charge on any atom is 0.416 e. The lowest BCUT2D eigenvalue weighted by Gasteiger charge is -2.09. The van der Waals surface area contributed by atoms with Crippen LogP contribution in [0.5, 0.6) is 0 Å². The molecule has 1 aliphatic rings. The number of carbonyl (C=O) groups excluding carboxylic acids is 1. The molecule has 0 fully saturated rings. The van der Waals surface area contributed by atoms with Gasteiger partial charge in [0.25, 0.3) is 5.91 Å². The van der Waals surface area contributed by atoms with Crippen LogP contribution < -0.4 is 11.1 Å². The molecule has 6 rings (SSSR count). The molecule has 4 heterocycles. The van der Waals surface area contributed by atoms with E-state index in [4.69, 9.17) is 10.8 Å². The number of H-pyrrole nitrogens is 1. The van der Waals surface area contributed by atoms with Gasteiger partial charge in [0.15, 0.2) is 5.65 Å². The Morgan fingerprint density at radius 3 is 2.61 bits per heavy atom. The fourth-order valence-electron chi connectivity index (χ4n) is 4.49. The molecular formula is C27H26F3N9O2. The molecule has 5 aromatic rings. The van der Waals surface area contributed by atoms with Crippen molar-refractivity contribution in [3.05, 3.63) is 77.5 Å². The number of aliphatic hydroxyl groups excluding tert-OH is 1. The molecule has 212 valence electrons. The third-order valence-electron chi connectivity index (χ3n) is 6.51. The molecule has 4 aromatic heterocycles. The van der Waals surface area contributed by atoms with Crippen molar-refractivity contribution in [3.8, 4) is 11.3 Å². The van der Waals surface area contributed by atoms with E-state index in [0.717, 1.165) is 24.8 Å². The molecule has 0 saturated carbocycles. The molecule has 0 bridgehead atoms. The van der Waals surface area contributed by atoms with Gasteiger partial charge in [0.2, 0.25) is 0 Å². The number of anilines is 2. The maximum atomic E-state index is 12.8. The van der Waals surface area contributed by atoms with Crippen molar-refractivity contribution < 1.29 is 23.1 Å². The van der Waals surface area contributed by atoms with E-state index in [-0.39, 0.29) is 23.8 Å². The summed E-state index contributed by atoms with van der Waals surface area (Å²) >= 11 is 0. The van der Waals surface area contributed by atoms with Crippen LogP contribution in [0.4, 0.5) is 24.8 Å². The Kier molecular flexibility index (Phi) is 7.92. The van der Waals surface area contributed by atoms with Gasteiger partial charge in [0.1, 0.15) is 18.0 Å². The third-order valence-corrected chi connectivity index (χ3v) is 6.51. The van der Waals surface area contributed by atoms with Crippen LogP contribution in [0.15, 0.2) is 55.1 Å². The predicted octanol–water partition coefficient (Wildman–Crippen LogP) is 4.02. The quantitative estimate of drug-likeness (QED) is 0.249. The highest BCUT2D eigenvalue weighted by atomic mass is 19.4. The molecule has 1 amide bonds. The Morgan fingerprint density at radius 2 is 1.88 bits per heavy atom. The number of aryl methyl sites for hydroxylation is 2. The Bertz CT molecular complexity index is 1640. The number of amides is 1. The summed E-state index contributed by atoms with van der Waals surface area (Å²) in [6.45, 7) is 0.813. The predicted molar refractivity (Wildman–Crippen MR) is 145 cm³/mol. The maximum absolute atomic E-state index is 12.8. The molecule has 0 saturated heterocycles. The molecule has 41 heavy (non-hydrogen) atoms. The molecule has 11 nitrogen and oxygen atoms in total. The highest BCUT2D eigenvalue weighted by molar-refractivity contribution is 6.04. The number of aliphatic hydroxyl groups is 1. The minimum absolute atomic E-state index is 0.181. The summed E-state index contributed by atoms with van der Waals surface area (Å²) in [6.07, 6.45) is 4.68. The van der Waals surface area contributed by atoms with Crippen molar-refractivity contribution >= 4 is 28.6 Å². The van der Waals surface area contributed by atoms with E-state index in [1.54, 1.807) is 12.1 Å². The van der Waals surface area contributed by atoms with Gasteiger partial charge >= 0.3 is 6.18 Å². The number of aromatic amines is 1. The average Bonchev–Trinajstić information content (AvgIpc) is 3.58. The summed E-state index contributed by atoms with van der Waals surface area (Å²) in [5.74, 6) is -0.532. The largest absolute Gasteiger partial charge is 0.416 e. The van der Waals surface area contributed by atoms with Crippen LogP contribution in [0.1, 0.15) is 40.0 Å². The first-order valence-corrected chi connectivity index (χ1v) is 12.8. The van der Waals surface area contributed by atoms with Gasteiger partial charge in [0.05, 0.1) is 35.5 Å². The zero-order chi connectivity index (χ0) is 29.0. The van der Waals surface area contributed by atoms with E-state index in [9.17, 15) is 18.0 Å². The van der Waals surface area contributed by atoms with Gasteiger partial charge in [0, 0.05) is 23.5 Å². The number of carbonyl (C=O) groups is 1. The molecule has 0 spiro atoms. The third kappa shape index (κ3) is 6.32. The van der Waals surface area contributed by atoms with Gasteiger partial charge in [-0.2, -0.15) is 23.4 Å². The Hall–Kier alpha value is -4.85. The highest BCUT2D eigenvalue weighted by Gasteiger charge is 2.31. The number of benzene rings is 1. The number of nitrogen functional groups attached to an aromatic ring is 1. The number of alkyl halides is 3. The van der Waals surface area contributed by atoms with Crippen LogP contribution in [0.2, 0.25) is 0 Å². The lowest BCUT2D eigenvalue weighted by atomic mass is 9.99. The highest BCUT2D eigenvalue weighted by Crippen LogP contribution is 2.31. The van der Waals surface area contributed by atoms with Crippen molar-refractivity contribution in [2.24, 2.45) is 0 Å². The average molecular weight is 566 g/mol. The van der Waals surface area contributed by atoms with Gasteiger partial charge in [-0.1, -0.05) is 12.1 Å². The molecule has 1 aliphatic carbocycles. The van der Waals surface area contributed by atoms with Crippen LogP contribution in [-0.2, 0) is 25.6 Å². The molecule has 1 aromatic carbocycles. The van der Waals surface area contributed by atoms with Crippen molar-refractivity contribution in [2.45, 2.75) is 38.4 Å². The SMILES string of the molecule is Nc1ncnc2n[nH]c(-c3ccc(C(=O)Nc4cc(C(F)(F)F)ccn4)cc3)c12.OCCn1cc2c(n1)CCCC2. The summed E-state index contributed by atoms with van der Waals surface area (Å²) in [4.78, 5) is 24.1. The Labute approximate surface area is 231 Å². The molecule has 0 aliphatic heterocycles. The Morgan fingerprint density at radius 1 is 1.10 bits per heavy atom. The van der Waals surface area contributed by atoms with E-state index < -0.39 is 17.6 Å². The number of nitrogens with one attached hydrogen (secondary N) is 2. The standard InChI is InChI=1S/C18H12F3N7O.C9H14N2O/c19-18(20,21)11-5-6-23-12(7-11)26-17(29)10-3-1-9(2-4-10)14-13-15(22)24-8-25-16(13)28-27-14;12-6-5-11-7-8-3-1-2-4-9(8)10-11/h1-8H,(H,23,26,29)(H3,22,24,25,27,28);7,12H,1-6H2. The zero-order valence-corrected chi connectivity index (χ0v) is 21.7. The van der Waals surface area contributed by atoms with Crippen molar-refractivity contribution in [1.82, 2.24) is 34.9 Å². The number of fused-ring (bicyclic) bond motifs is 2. The second kappa shape index (κ2) is 11.7. The molecule has 5 N–H and O–H groups in total. The van der Waals surface area contributed by atoms with E-state index >= 15 is 0 Å². The zero-order valence-electron chi connectivity index (χ0n) is 21.7. The minimum Gasteiger partial charge on any atom is -0.394 e. The first-order chi connectivity index (χ1) is 19.7. The second-order valence-electron chi connectivity index (χ2n) is 9.31. The second-order valence-corrected chi connectivity index (χ2v) is 9.31. The van der Waals surface area contributed by atoms with Crippen LogP contribution >= 0.6 is 0 Å². The monoisotopic (exact) mass is 565 g/mol. The number of nitrogens with zero attached hydrogens (tertiary/aromatic N) is 6. The van der Waals surface area contributed by atoms with Gasteiger partial charge in [-0.25, -0.2) is 15.0 Å². The van der Waals surface area contributed by atoms with Crippen LogP contribution in [0.25, 0.3) is 22.3 Å². The number of hydrogen-bond acceptors (Lipinski definition) is 8. The van der Waals surface area contributed by atoms with Crippen molar-refractivity contribution in [1.29, 1.82) is 0 Å². The number of aromatic nitrogens is 7. The van der Waals surface area contributed by atoms with E-state index in [0.29, 0.717) is 28.8 Å². The van der Waals surface area contributed by atoms with Crippen LogP contribution in [0, 0.1) is 0 Å². The Balaban J connectivity index is 0.000000234. The first-order valence-electron chi connectivity index (χ1n) is 12.8. The van der Waals surface area contributed by atoms with Crippen molar-refractivity contribution in [2.75, 3.05) is 17.7 Å². The minimum atomic E-state index is -4.53. The van der Waals surface area contributed by atoms with Crippen LogP contribution in [0.3, 0.4) is 0 Å². The summed E-state index contributed by atoms with van der Waals surface area (Å²) in [6, 6.07) is 7.93. The van der Waals surface area contributed by atoms with Crippen molar-refractivity contribution in [3.63, 3.8) is 0 Å². The summed E-state index contributed by atoms with van der Waals surface area (Å²) in [7, 11) is 0. The summed E-state index contributed by atoms with van der Waals surface area (Å²) in [5.41, 5.74) is 9.53. The van der Waals surface area contributed by atoms with E-state index in [2.05, 4.69) is 41.8 Å². The normalized spacial score (nSPS) is 12.9. The lowest BCUT2D eigenvalue weighted by Crippen LogP contribution is -2.14. The molecular weight excluding hydrogens is 539 g/mol. The molecule has 0 radical (unpaired) electrons.